The lowest BCUT2D eigenvalue weighted by atomic mass is 9.94. The third-order valence-corrected chi connectivity index (χ3v) is 4.37. The van der Waals surface area contributed by atoms with Crippen LogP contribution in [0, 0.1) is 0 Å². The Balaban J connectivity index is 1.98. The van der Waals surface area contributed by atoms with Crippen LogP contribution >= 0.6 is 0 Å². The van der Waals surface area contributed by atoms with E-state index in [-0.39, 0.29) is 11.5 Å². The van der Waals surface area contributed by atoms with E-state index in [4.69, 9.17) is 0 Å². The van der Waals surface area contributed by atoms with Crippen LogP contribution in [0.4, 0.5) is 0 Å². The molecule has 0 unspecified atom stereocenters. The first-order valence-corrected chi connectivity index (χ1v) is 7.40. The SMILES string of the molecule is Cn1c2c(cc(C(=O)N3CCNCC3)c1=O)CCCC2. The summed E-state index contributed by atoms with van der Waals surface area (Å²) in [7, 11) is 1.79. The Labute approximate surface area is 118 Å². The fourth-order valence-corrected chi connectivity index (χ4v) is 3.18. The van der Waals surface area contributed by atoms with Gasteiger partial charge in [-0.25, -0.2) is 0 Å². The molecule has 20 heavy (non-hydrogen) atoms. The molecule has 1 fully saturated rings. The normalized spacial score (nSPS) is 18.8. The van der Waals surface area contributed by atoms with Gasteiger partial charge in [0.1, 0.15) is 5.56 Å². The van der Waals surface area contributed by atoms with Crippen LogP contribution in [0.25, 0.3) is 0 Å². The number of nitrogens with zero attached hydrogens (tertiary/aromatic N) is 2. The Morgan fingerprint density at radius 1 is 1.20 bits per heavy atom. The molecule has 1 N–H and O–H groups in total. The number of aryl methyl sites for hydroxylation is 1. The Hall–Kier alpha value is -1.62. The van der Waals surface area contributed by atoms with Gasteiger partial charge in [-0.3, -0.25) is 9.59 Å². The average Bonchev–Trinajstić information content (AvgIpc) is 2.51. The van der Waals surface area contributed by atoms with E-state index in [2.05, 4.69) is 5.32 Å². The number of fused-ring (bicyclic) bond motifs is 1. The van der Waals surface area contributed by atoms with E-state index in [1.165, 1.54) is 5.56 Å². The van der Waals surface area contributed by atoms with Crippen molar-refractivity contribution in [1.29, 1.82) is 0 Å². The van der Waals surface area contributed by atoms with Gasteiger partial charge in [0, 0.05) is 38.9 Å². The molecule has 1 aliphatic heterocycles. The van der Waals surface area contributed by atoms with Crippen LogP contribution in [-0.4, -0.2) is 41.6 Å². The molecule has 108 valence electrons. The van der Waals surface area contributed by atoms with Crippen molar-refractivity contribution in [3.8, 4) is 0 Å². The maximum atomic E-state index is 12.5. The van der Waals surface area contributed by atoms with E-state index in [9.17, 15) is 9.59 Å². The molecule has 1 amide bonds. The summed E-state index contributed by atoms with van der Waals surface area (Å²) in [6.07, 6.45) is 4.20. The maximum Gasteiger partial charge on any atom is 0.263 e. The average molecular weight is 275 g/mol. The maximum absolute atomic E-state index is 12.5. The number of carbonyl (C=O) groups is 1. The molecular weight excluding hydrogens is 254 g/mol. The predicted molar refractivity (Wildman–Crippen MR) is 77.1 cm³/mol. The number of rotatable bonds is 1. The van der Waals surface area contributed by atoms with Crippen LogP contribution in [0.3, 0.4) is 0 Å². The first-order chi connectivity index (χ1) is 9.68. The molecule has 0 atom stereocenters. The van der Waals surface area contributed by atoms with Crippen LogP contribution < -0.4 is 10.9 Å². The highest BCUT2D eigenvalue weighted by Crippen LogP contribution is 2.20. The predicted octanol–water partition coefficient (Wildman–Crippen LogP) is 0.309. The number of nitrogens with one attached hydrogen (secondary N) is 1. The smallest absolute Gasteiger partial charge is 0.263 e. The number of amides is 1. The second kappa shape index (κ2) is 5.40. The summed E-state index contributed by atoms with van der Waals surface area (Å²) in [5.41, 5.74) is 2.49. The summed E-state index contributed by atoms with van der Waals surface area (Å²) < 4.78 is 1.68. The standard InChI is InChI=1S/C15H21N3O2/c1-17-13-5-3-2-4-11(13)10-12(14(17)19)15(20)18-8-6-16-7-9-18/h10,16H,2-9H2,1H3. The zero-order valence-electron chi connectivity index (χ0n) is 11.9. The topological polar surface area (TPSA) is 54.3 Å². The Morgan fingerprint density at radius 3 is 2.65 bits per heavy atom. The molecule has 5 heteroatoms. The molecule has 1 saturated heterocycles. The molecule has 0 aromatic carbocycles. The minimum Gasteiger partial charge on any atom is -0.336 e. The van der Waals surface area contributed by atoms with Crippen molar-refractivity contribution < 1.29 is 4.79 Å². The highest BCUT2D eigenvalue weighted by molar-refractivity contribution is 5.94. The fraction of sp³-hybridized carbons (Fsp3) is 0.600. The van der Waals surface area contributed by atoms with Crippen molar-refractivity contribution in [3.05, 3.63) is 33.2 Å². The second-order valence-electron chi connectivity index (χ2n) is 5.64. The van der Waals surface area contributed by atoms with Crippen LogP contribution in [0.15, 0.2) is 10.9 Å². The molecular formula is C15H21N3O2. The minimum absolute atomic E-state index is 0.111. The van der Waals surface area contributed by atoms with Gasteiger partial charge in [-0.1, -0.05) is 0 Å². The van der Waals surface area contributed by atoms with Gasteiger partial charge in [0.25, 0.3) is 11.5 Å². The van der Waals surface area contributed by atoms with Gasteiger partial charge in [0.2, 0.25) is 0 Å². The van der Waals surface area contributed by atoms with E-state index < -0.39 is 0 Å². The lowest BCUT2D eigenvalue weighted by Gasteiger charge is -2.28. The van der Waals surface area contributed by atoms with Gasteiger partial charge in [0.05, 0.1) is 0 Å². The molecule has 3 rings (SSSR count). The summed E-state index contributed by atoms with van der Waals surface area (Å²) >= 11 is 0. The number of hydrogen-bond acceptors (Lipinski definition) is 3. The Bertz CT molecular complexity index is 586. The second-order valence-corrected chi connectivity index (χ2v) is 5.64. The summed E-state index contributed by atoms with van der Waals surface area (Å²) in [4.78, 5) is 26.7. The van der Waals surface area contributed by atoms with Gasteiger partial charge >= 0.3 is 0 Å². The summed E-state index contributed by atoms with van der Waals surface area (Å²) in [6, 6.07) is 1.85. The first-order valence-electron chi connectivity index (χ1n) is 7.40. The van der Waals surface area contributed by atoms with Crippen molar-refractivity contribution in [2.45, 2.75) is 25.7 Å². The third kappa shape index (κ3) is 2.26. The molecule has 1 aliphatic carbocycles. The monoisotopic (exact) mass is 275 g/mol. The number of hydrogen-bond donors (Lipinski definition) is 1. The molecule has 2 aliphatic rings. The number of pyridine rings is 1. The van der Waals surface area contributed by atoms with Crippen LogP contribution in [0.5, 0.6) is 0 Å². The molecule has 0 bridgehead atoms. The number of aromatic nitrogens is 1. The van der Waals surface area contributed by atoms with Gasteiger partial charge in [-0.2, -0.15) is 0 Å². The lowest BCUT2D eigenvalue weighted by Crippen LogP contribution is -2.48. The lowest BCUT2D eigenvalue weighted by molar-refractivity contribution is 0.0733. The molecule has 1 aromatic rings. The molecule has 1 aromatic heterocycles. The van der Waals surface area contributed by atoms with Crippen LogP contribution in [-0.2, 0) is 19.9 Å². The summed E-state index contributed by atoms with van der Waals surface area (Å²) in [5.74, 6) is -0.111. The van der Waals surface area contributed by atoms with Crippen molar-refractivity contribution in [3.63, 3.8) is 0 Å². The molecule has 0 spiro atoms. The van der Waals surface area contributed by atoms with E-state index in [0.717, 1.165) is 44.5 Å². The Morgan fingerprint density at radius 2 is 1.90 bits per heavy atom. The zero-order chi connectivity index (χ0) is 14.1. The summed E-state index contributed by atoms with van der Waals surface area (Å²) in [5, 5.41) is 3.22. The molecule has 0 saturated carbocycles. The molecule has 5 nitrogen and oxygen atoms in total. The zero-order valence-corrected chi connectivity index (χ0v) is 11.9. The summed E-state index contributed by atoms with van der Waals surface area (Å²) in [6.45, 7) is 2.96. The van der Waals surface area contributed by atoms with Crippen LogP contribution in [0.1, 0.15) is 34.5 Å². The quantitative estimate of drug-likeness (QED) is 0.802. The van der Waals surface area contributed by atoms with Crippen molar-refractivity contribution in [2.75, 3.05) is 26.2 Å². The molecule has 0 radical (unpaired) electrons. The van der Waals surface area contributed by atoms with Crippen molar-refractivity contribution in [2.24, 2.45) is 7.05 Å². The van der Waals surface area contributed by atoms with Crippen molar-refractivity contribution >= 4 is 5.91 Å². The third-order valence-electron chi connectivity index (χ3n) is 4.37. The van der Waals surface area contributed by atoms with Gasteiger partial charge in [-0.15, -0.1) is 0 Å². The van der Waals surface area contributed by atoms with Gasteiger partial charge in [-0.05, 0) is 37.3 Å². The van der Waals surface area contributed by atoms with Crippen molar-refractivity contribution in [1.82, 2.24) is 14.8 Å². The largest absolute Gasteiger partial charge is 0.336 e. The van der Waals surface area contributed by atoms with E-state index in [0.29, 0.717) is 18.7 Å². The van der Waals surface area contributed by atoms with Gasteiger partial charge in [0.15, 0.2) is 0 Å². The van der Waals surface area contributed by atoms with E-state index in [1.54, 1.807) is 16.5 Å². The van der Waals surface area contributed by atoms with E-state index in [1.807, 2.05) is 6.07 Å². The fourth-order valence-electron chi connectivity index (χ4n) is 3.18. The van der Waals surface area contributed by atoms with Gasteiger partial charge < -0.3 is 14.8 Å². The first kappa shape index (κ1) is 13.4. The highest BCUT2D eigenvalue weighted by Gasteiger charge is 2.24. The number of piperazine rings is 1. The van der Waals surface area contributed by atoms with E-state index >= 15 is 0 Å². The minimum atomic E-state index is -0.144. The molecule has 2 heterocycles. The Kier molecular flexibility index (Phi) is 3.61. The number of carbonyl (C=O) groups excluding carboxylic acids is 1. The highest BCUT2D eigenvalue weighted by atomic mass is 16.2. The van der Waals surface area contributed by atoms with Crippen LogP contribution in [0.2, 0.25) is 0 Å².